The smallest absolute Gasteiger partial charge is 0.263 e. The van der Waals surface area contributed by atoms with Gasteiger partial charge in [0.25, 0.3) is 5.91 Å². The summed E-state index contributed by atoms with van der Waals surface area (Å²) in [5.74, 6) is -0.657. The first-order valence-electron chi connectivity index (χ1n) is 5.70. The Balaban J connectivity index is 2.49. The minimum Gasteiger partial charge on any atom is -0.384 e. The van der Waals surface area contributed by atoms with E-state index in [2.05, 4.69) is 0 Å². The topological polar surface area (TPSA) is 96.1 Å². The number of anilines is 1. The Morgan fingerprint density at radius 1 is 1.33 bits per heavy atom. The van der Waals surface area contributed by atoms with Crippen LogP contribution in [0.4, 0.5) is 5.69 Å². The number of fused-ring (bicyclic) bond motifs is 1. The van der Waals surface area contributed by atoms with Gasteiger partial charge >= 0.3 is 0 Å². The van der Waals surface area contributed by atoms with Crippen molar-refractivity contribution >= 4 is 11.6 Å². The maximum Gasteiger partial charge on any atom is 0.263 e. The number of primary amides is 1. The summed E-state index contributed by atoms with van der Waals surface area (Å²) in [5.41, 5.74) is 13.0. The van der Waals surface area contributed by atoms with Gasteiger partial charge in [-0.3, -0.25) is 4.79 Å². The standard InChI is InChI=1S/C13H14N4O/c14-8-10(13(16)18)12(15)17-7-3-5-9-4-1-2-6-11(9)17/h1-2,4,6H,3,5,7,15H2,(H2,16,18)/b12-10+. The molecule has 0 bridgehead atoms. The predicted molar refractivity (Wildman–Crippen MR) is 68.1 cm³/mol. The lowest BCUT2D eigenvalue weighted by atomic mass is 10.0. The monoisotopic (exact) mass is 242 g/mol. The maximum absolute atomic E-state index is 11.2. The number of nitrogens with zero attached hydrogens (tertiary/aromatic N) is 2. The van der Waals surface area contributed by atoms with E-state index in [1.165, 1.54) is 0 Å². The molecular formula is C13H14N4O. The minimum absolute atomic E-state index is 0.136. The zero-order valence-corrected chi connectivity index (χ0v) is 9.89. The van der Waals surface area contributed by atoms with E-state index in [1.54, 1.807) is 11.0 Å². The molecule has 4 N–H and O–H groups in total. The molecule has 2 rings (SSSR count). The molecule has 0 spiro atoms. The first-order valence-corrected chi connectivity index (χ1v) is 5.70. The number of benzene rings is 1. The molecule has 1 aromatic rings. The van der Waals surface area contributed by atoms with Crippen LogP contribution in [0.15, 0.2) is 35.7 Å². The highest BCUT2D eigenvalue weighted by Gasteiger charge is 2.22. The van der Waals surface area contributed by atoms with Gasteiger partial charge in [0.05, 0.1) is 0 Å². The quantitative estimate of drug-likeness (QED) is 0.587. The number of hydrogen-bond donors (Lipinski definition) is 2. The van der Waals surface area contributed by atoms with Crippen LogP contribution in [0.1, 0.15) is 12.0 Å². The van der Waals surface area contributed by atoms with Crippen LogP contribution in [0.2, 0.25) is 0 Å². The Labute approximate surface area is 105 Å². The highest BCUT2D eigenvalue weighted by Crippen LogP contribution is 2.29. The van der Waals surface area contributed by atoms with Gasteiger partial charge < -0.3 is 16.4 Å². The summed E-state index contributed by atoms with van der Waals surface area (Å²) in [6, 6.07) is 9.58. The van der Waals surface area contributed by atoms with E-state index in [9.17, 15) is 4.79 Å². The van der Waals surface area contributed by atoms with E-state index in [1.807, 2.05) is 24.3 Å². The molecule has 18 heavy (non-hydrogen) atoms. The van der Waals surface area contributed by atoms with E-state index >= 15 is 0 Å². The Morgan fingerprint density at radius 3 is 2.72 bits per heavy atom. The molecule has 1 aliphatic rings. The third kappa shape index (κ3) is 2.00. The number of amides is 1. The first kappa shape index (κ1) is 12.0. The summed E-state index contributed by atoms with van der Waals surface area (Å²) in [7, 11) is 0. The van der Waals surface area contributed by atoms with Crippen molar-refractivity contribution in [1.82, 2.24) is 0 Å². The van der Waals surface area contributed by atoms with Crippen LogP contribution in [-0.4, -0.2) is 12.5 Å². The van der Waals surface area contributed by atoms with E-state index in [0.29, 0.717) is 6.54 Å². The maximum atomic E-state index is 11.2. The molecular weight excluding hydrogens is 228 g/mol. The summed E-state index contributed by atoms with van der Waals surface area (Å²) in [4.78, 5) is 12.9. The molecule has 1 amide bonds. The highest BCUT2D eigenvalue weighted by molar-refractivity contribution is 5.97. The Hall–Kier alpha value is -2.48. The van der Waals surface area contributed by atoms with Gasteiger partial charge in [-0.05, 0) is 24.5 Å². The second kappa shape index (κ2) is 4.80. The van der Waals surface area contributed by atoms with Crippen LogP contribution < -0.4 is 16.4 Å². The summed E-state index contributed by atoms with van der Waals surface area (Å²) in [6.45, 7) is 0.682. The number of hydrogen-bond acceptors (Lipinski definition) is 4. The van der Waals surface area contributed by atoms with Gasteiger partial charge in [0.1, 0.15) is 11.9 Å². The van der Waals surface area contributed by atoms with Crippen LogP contribution in [0.25, 0.3) is 0 Å². The molecule has 1 aromatic carbocycles. The third-order valence-corrected chi connectivity index (χ3v) is 3.02. The Morgan fingerprint density at radius 2 is 2.06 bits per heavy atom. The molecule has 0 aliphatic carbocycles. The van der Waals surface area contributed by atoms with Crippen molar-refractivity contribution in [1.29, 1.82) is 5.26 Å². The Kier molecular flexibility index (Phi) is 3.20. The van der Waals surface area contributed by atoms with E-state index in [-0.39, 0.29) is 11.4 Å². The van der Waals surface area contributed by atoms with E-state index in [4.69, 9.17) is 16.7 Å². The van der Waals surface area contributed by atoms with Crippen LogP contribution in [0.5, 0.6) is 0 Å². The molecule has 1 heterocycles. The fourth-order valence-electron chi connectivity index (χ4n) is 2.16. The molecule has 0 radical (unpaired) electrons. The number of carbonyl (C=O) groups is 1. The summed E-state index contributed by atoms with van der Waals surface area (Å²) in [5, 5.41) is 8.93. The largest absolute Gasteiger partial charge is 0.384 e. The van der Waals surface area contributed by atoms with Crippen molar-refractivity contribution in [2.45, 2.75) is 12.8 Å². The molecule has 5 heteroatoms. The van der Waals surface area contributed by atoms with Gasteiger partial charge in [0.15, 0.2) is 5.57 Å². The number of para-hydroxylation sites is 1. The van der Waals surface area contributed by atoms with Crippen LogP contribution >= 0.6 is 0 Å². The number of nitrogens with two attached hydrogens (primary N) is 2. The van der Waals surface area contributed by atoms with Gasteiger partial charge in [-0.2, -0.15) is 5.26 Å². The average molecular weight is 242 g/mol. The van der Waals surface area contributed by atoms with Crippen molar-refractivity contribution in [2.75, 3.05) is 11.4 Å². The van der Waals surface area contributed by atoms with Crippen molar-refractivity contribution in [3.05, 3.63) is 41.2 Å². The normalized spacial score (nSPS) is 15.4. The molecule has 0 atom stereocenters. The predicted octanol–water partition coefficient (Wildman–Crippen LogP) is 0.618. The SMILES string of the molecule is N#C/C(C(N)=O)=C(/N)N1CCCc2ccccc21. The lowest BCUT2D eigenvalue weighted by Gasteiger charge is -2.31. The number of nitriles is 1. The van der Waals surface area contributed by atoms with Crippen molar-refractivity contribution in [2.24, 2.45) is 11.5 Å². The molecule has 92 valence electrons. The van der Waals surface area contributed by atoms with Crippen molar-refractivity contribution in [3.8, 4) is 6.07 Å². The molecule has 0 saturated heterocycles. The van der Waals surface area contributed by atoms with Crippen LogP contribution in [0.3, 0.4) is 0 Å². The molecule has 1 aliphatic heterocycles. The van der Waals surface area contributed by atoms with Gasteiger partial charge in [0.2, 0.25) is 0 Å². The summed E-state index contributed by atoms with van der Waals surface area (Å²) >= 11 is 0. The van der Waals surface area contributed by atoms with Crippen LogP contribution in [-0.2, 0) is 11.2 Å². The number of carbonyl (C=O) groups excluding carboxylic acids is 1. The van der Waals surface area contributed by atoms with Crippen molar-refractivity contribution < 1.29 is 4.79 Å². The average Bonchev–Trinajstić information content (AvgIpc) is 2.38. The first-order chi connectivity index (χ1) is 8.65. The molecule has 0 saturated carbocycles. The number of rotatable bonds is 2. The zero-order chi connectivity index (χ0) is 13.1. The summed E-state index contributed by atoms with van der Waals surface area (Å²) in [6.07, 6.45) is 1.90. The molecule has 0 unspecified atom stereocenters. The lowest BCUT2D eigenvalue weighted by molar-refractivity contribution is -0.114. The van der Waals surface area contributed by atoms with Gasteiger partial charge in [-0.25, -0.2) is 0 Å². The zero-order valence-electron chi connectivity index (χ0n) is 9.89. The van der Waals surface area contributed by atoms with Crippen LogP contribution in [0, 0.1) is 11.3 Å². The van der Waals surface area contributed by atoms with Gasteiger partial charge in [0, 0.05) is 12.2 Å². The second-order valence-electron chi connectivity index (χ2n) is 4.12. The third-order valence-electron chi connectivity index (χ3n) is 3.02. The highest BCUT2D eigenvalue weighted by atomic mass is 16.1. The lowest BCUT2D eigenvalue weighted by Crippen LogP contribution is -2.35. The van der Waals surface area contributed by atoms with E-state index < -0.39 is 5.91 Å². The molecule has 5 nitrogen and oxygen atoms in total. The fourth-order valence-corrected chi connectivity index (χ4v) is 2.16. The summed E-state index contributed by atoms with van der Waals surface area (Å²) < 4.78 is 0. The molecule has 0 fully saturated rings. The second-order valence-corrected chi connectivity index (χ2v) is 4.12. The van der Waals surface area contributed by atoms with E-state index in [0.717, 1.165) is 24.1 Å². The Bertz CT molecular complexity index is 556. The number of aryl methyl sites for hydroxylation is 1. The molecule has 0 aromatic heterocycles. The van der Waals surface area contributed by atoms with Gasteiger partial charge in [-0.1, -0.05) is 18.2 Å². The minimum atomic E-state index is -0.793. The van der Waals surface area contributed by atoms with Gasteiger partial charge in [-0.15, -0.1) is 0 Å². The van der Waals surface area contributed by atoms with Crippen molar-refractivity contribution in [3.63, 3.8) is 0 Å². The fraction of sp³-hybridized carbons (Fsp3) is 0.231.